The highest BCUT2D eigenvalue weighted by atomic mass is 127. The first-order valence-electron chi connectivity index (χ1n) is 11.6. The average molecular weight is 509 g/mol. The van der Waals surface area contributed by atoms with Crippen molar-refractivity contribution in [2.45, 2.75) is 84.0 Å². The van der Waals surface area contributed by atoms with Gasteiger partial charge in [0.2, 0.25) is 0 Å². The number of hydrogen-bond donors (Lipinski definition) is 3. The second kappa shape index (κ2) is 15.7. The maximum atomic E-state index is 9.49. The Kier molecular flexibility index (Phi) is 14.6. The Hall–Kier alpha value is -0.0800. The highest BCUT2D eigenvalue weighted by Gasteiger charge is 2.31. The van der Waals surface area contributed by atoms with Crippen molar-refractivity contribution in [1.29, 1.82) is 0 Å². The molecule has 1 saturated heterocycles. The summed E-state index contributed by atoms with van der Waals surface area (Å²) in [6.07, 6.45) is 15.3. The number of guanidine groups is 1. The molecule has 0 atom stereocenters. The van der Waals surface area contributed by atoms with E-state index >= 15 is 0 Å². The molecule has 2 aliphatic rings. The van der Waals surface area contributed by atoms with Crippen molar-refractivity contribution < 1.29 is 5.11 Å². The SMILES string of the molecule is CCNC(=NCC1(CCO)CCCCC1)NCCCCCN1CCCCC1.I. The molecule has 6 heteroatoms. The summed E-state index contributed by atoms with van der Waals surface area (Å²) in [5.41, 5.74) is 0.226. The van der Waals surface area contributed by atoms with Crippen LogP contribution in [0.25, 0.3) is 0 Å². The Morgan fingerprint density at radius 1 is 0.964 bits per heavy atom. The average Bonchev–Trinajstić information content (AvgIpc) is 2.70. The summed E-state index contributed by atoms with van der Waals surface area (Å²) in [4.78, 5) is 7.53. The molecule has 0 aromatic carbocycles. The van der Waals surface area contributed by atoms with Crippen LogP contribution in [0.5, 0.6) is 0 Å². The molecule has 1 heterocycles. The summed E-state index contributed by atoms with van der Waals surface area (Å²) in [7, 11) is 0. The first-order valence-corrected chi connectivity index (χ1v) is 11.6. The Morgan fingerprint density at radius 3 is 2.36 bits per heavy atom. The number of unbranched alkanes of at least 4 members (excludes halogenated alkanes) is 2. The van der Waals surface area contributed by atoms with Gasteiger partial charge >= 0.3 is 0 Å². The summed E-state index contributed by atoms with van der Waals surface area (Å²) < 4.78 is 0. The van der Waals surface area contributed by atoms with Crippen molar-refractivity contribution in [2.75, 3.05) is 45.9 Å². The van der Waals surface area contributed by atoms with Gasteiger partial charge < -0.3 is 20.6 Å². The Labute approximate surface area is 190 Å². The molecule has 2 rings (SSSR count). The number of aliphatic imine (C=N–C) groups is 1. The molecular formula is C22H45IN4O. The first-order chi connectivity index (χ1) is 13.3. The molecule has 0 unspecified atom stereocenters. The quantitative estimate of drug-likeness (QED) is 0.170. The molecule has 0 amide bonds. The predicted molar refractivity (Wildman–Crippen MR) is 131 cm³/mol. The van der Waals surface area contributed by atoms with Gasteiger partial charge in [0, 0.05) is 26.2 Å². The summed E-state index contributed by atoms with van der Waals surface area (Å²) in [6, 6.07) is 0. The number of aliphatic hydroxyl groups is 1. The van der Waals surface area contributed by atoms with Crippen LogP contribution in [-0.2, 0) is 0 Å². The van der Waals surface area contributed by atoms with Gasteiger partial charge in [-0.2, -0.15) is 0 Å². The molecule has 5 nitrogen and oxygen atoms in total. The summed E-state index contributed by atoms with van der Waals surface area (Å²) in [6.45, 7) is 9.05. The Balaban J connectivity index is 0.00000392. The topological polar surface area (TPSA) is 59.9 Å². The molecule has 166 valence electrons. The fourth-order valence-corrected chi connectivity index (χ4v) is 4.64. The van der Waals surface area contributed by atoms with E-state index in [0.29, 0.717) is 0 Å². The largest absolute Gasteiger partial charge is 0.396 e. The standard InChI is InChI=1S/C22H44N4O.HI/c1-2-23-21(25-20-22(14-19-27)12-6-3-7-13-22)24-15-8-4-9-16-26-17-10-5-11-18-26;/h27H,2-20H2,1H3,(H2,23,24,25);1H. The minimum absolute atomic E-state index is 0. The number of aliphatic hydroxyl groups excluding tert-OH is 1. The van der Waals surface area contributed by atoms with Gasteiger partial charge in [-0.1, -0.05) is 32.1 Å². The number of likely N-dealkylation sites (tertiary alicyclic amines) is 1. The predicted octanol–water partition coefficient (Wildman–Crippen LogP) is 4.15. The number of nitrogens with zero attached hydrogens (tertiary/aromatic N) is 2. The van der Waals surface area contributed by atoms with Crippen LogP contribution in [0.1, 0.15) is 84.0 Å². The van der Waals surface area contributed by atoms with E-state index in [9.17, 15) is 5.11 Å². The molecular weight excluding hydrogens is 463 g/mol. The van der Waals surface area contributed by atoms with Crippen LogP contribution < -0.4 is 10.6 Å². The van der Waals surface area contributed by atoms with Gasteiger partial charge in [0.1, 0.15) is 0 Å². The molecule has 0 aromatic heterocycles. The lowest BCUT2D eigenvalue weighted by Crippen LogP contribution is -2.39. The molecule has 1 aliphatic carbocycles. The third-order valence-corrected chi connectivity index (χ3v) is 6.37. The maximum Gasteiger partial charge on any atom is 0.191 e. The zero-order chi connectivity index (χ0) is 19.2. The van der Waals surface area contributed by atoms with Crippen molar-refractivity contribution in [3.8, 4) is 0 Å². The molecule has 1 saturated carbocycles. The lowest BCUT2D eigenvalue weighted by molar-refractivity contribution is 0.137. The number of hydrogen-bond acceptors (Lipinski definition) is 3. The van der Waals surface area contributed by atoms with Crippen LogP contribution in [0.3, 0.4) is 0 Å². The fraction of sp³-hybridized carbons (Fsp3) is 0.955. The molecule has 0 aromatic rings. The maximum absolute atomic E-state index is 9.49. The van der Waals surface area contributed by atoms with Gasteiger partial charge in [0.15, 0.2) is 5.96 Å². The molecule has 0 radical (unpaired) electrons. The lowest BCUT2D eigenvalue weighted by atomic mass is 9.72. The van der Waals surface area contributed by atoms with E-state index in [0.717, 1.165) is 32.0 Å². The first kappa shape index (κ1) is 26.0. The molecule has 3 N–H and O–H groups in total. The van der Waals surface area contributed by atoms with E-state index in [2.05, 4.69) is 22.5 Å². The van der Waals surface area contributed by atoms with Gasteiger partial charge in [-0.25, -0.2) is 0 Å². The van der Waals surface area contributed by atoms with Crippen LogP contribution >= 0.6 is 24.0 Å². The van der Waals surface area contributed by atoms with E-state index < -0.39 is 0 Å². The minimum Gasteiger partial charge on any atom is -0.396 e. The van der Waals surface area contributed by atoms with Gasteiger partial charge in [-0.05, 0) is 76.9 Å². The van der Waals surface area contributed by atoms with Crippen molar-refractivity contribution >= 4 is 29.9 Å². The Bertz CT molecular complexity index is 402. The van der Waals surface area contributed by atoms with Gasteiger partial charge in [-0.15, -0.1) is 24.0 Å². The van der Waals surface area contributed by atoms with E-state index in [1.165, 1.54) is 90.3 Å². The van der Waals surface area contributed by atoms with E-state index in [1.54, 1.807) is 0 Å². The van der Waals surface area contributed by atoms with E-state index in [4.69, 9.17) is 4.99 Å². The Morgan fingerprint density at radius 2 is 1.68 bits per heavy atom. The highest BCUT2D eigenvalue weighted by molar-refractivity contribution is 14.0. The zero-order valence-electron chi connectivity index (χ0n) is 18.2. The third-order valence-electron chi connectivity index (χ3n) is 6.37. The number of piperidine rings is 1. The molecule has 2 fully saturated rings. The van der Waals surface area contributed by atoms with Crippen molar-refractivity contribution in [3.05, 3.63) is 0 Å². The lowest BCUT2D eigenvalue weighted by Gasteiger charge is -2.35. The molecule has 0 bridgehead atoms. The summed E-state index contributed by atoms with van der Waals surface area (Å²) in [5.74, 6) is 0.955. The summed E-state index contributed by atoms with van der Waals surface area (Å²) in [5, 5.41) is 16.4. The second-order valence-corrected chi connectivity index (χ2v) is 8.62. The van der Waals surface area contributed by atoms with Crippen molar-refractivity contribution in [1.82, 2.24) is 15.5 Å². The second-order valence-electron chi connectivity index (χ2n) is 8.62. The molecule has 0 spiro atoms. The van der Waals surface area contributed by atoms with E-state index in [1.807, 2.05) is 0 Å². The van der Waals surface area contributed by atoms with Gasteiger partial charge in [0.25, 0.3) is 0 Å². The minimum atomic E-state index is 0. The normalized spacial score (nSPS) is 20.4. The van der Waals surface area contributed by atoms with Crippen molar-refractivity contribution in [2.24, 2.45) is 10.4 Å². The van der Waals surface area contributed by atoms with Crippen molar-refractivity contribution in [3.63, 3.8) is 0 Å². The van der Waals surface area contributed by atoms with Crippen LogP contribution in [0, 0.1) is 5.41 Å². The highest BCUT2D eigenvalue weighted by Crippen LogP contribution is 2.39. The fourth-order valence-electron chi connectivity index (χ4n) is 4.64. The number of halogens is 1. The van der Waals surface area contributed by atoms with Crippen LogP contribution in [0.2, 0.25) is 0 Å². The van der Waals surface area contributed by atoms with Crippen LogP contribution in [0.4, 0.5) is 0 Å². The number of nitrogens with one attached hydrogen (secondary N) is 2. The van der Waals surface area contributed by atoms with Gasteiger partial charge in [-0.3, -0.25) is 4.99 Å². The smallest absolute Gasteiger partial charge is 0.191 e. The number of rotatable bonds is 11. The monoisotopic (exact) mass is 508 g/mol. The van der Waals surface area contributed by atoms with Crippen LogP contribution in [0.15, 0.2) is 4.99 Å². The zero-order valence-corrected chi connectivity index (χ0v) is 20.5. The van der Waals surface area contributed by atoms with Crippen LogP contribution in [-0.4, -0.2) is 61.8 Å². The third kappa shape index (κ3) is 10.1. The molecule has 28 heavy (non-hydrogen) atoms. The molecule has 1 aliphatic heterocycles. The summed E-state index contributed by atoms with van der Waals surface area (Å²) >= 11 is 0. The van der Waals surface area contributed by atoms with E-state index in [-0.39, 0.29) is 36.0 Å². The van der Waals surface area contributed by atoms with Gasteiger partial charge in [0.05, 0.1) is 0 Å².